The van der Waals surface area contributed by atoms with E-state index in [4.69, 9.17) is 23.2 Å². The van der Waals surface area contributed by atoms with Crippen molar-refractivity contribution in [2.24, 2.45) is 0 Å². The summed E-state index contributed by atoms with van der Waals surface area (Å²) >= 11 is 19.1. The second-order valence-electron chi connectivity index (χ2n) is 3.98. The molecule has 0 heterocycles. The van der Waals surface area contributed by atoms with Gasteiger partial charge in [-0.3, -0.25) is 0 Å². The molecule has 0 radical (unpaired) electrons. The molecule has 18 heavy (non-hydrogen) atoms. The summed E-state index contributed by atoms with van der Waals surface area (Å²) in [6.45, 7) is 0. The molecule has 0 aliphatic carbocycles. The molecule has 0 saturated carbocycles. The molecule has 0 aliphatic rings. The van der Waals surface area contributed by atoms with Crippen molar-refractivity contribution in [1.82, 2.24) is 0 Å². The van der Waals surface area contributed by atoms with Crippen LogP contribution in [0.5, 0.6) is 0 Å². The average Bonchev–Trinajstić information content (AvgIpc) is 2.34. The van der Waals surface area contributed by atoms with Gasteiger partial charge in [-0.1, -0.05) is 73.3 Å². The number of hydrogen-bond donors (Lipinski definition) is 0. The fourth-order valence-corrected chi connectivity index (χ4v) is 3.09. The maximum atomic E-state index is 6.01. The predicted octanol–water partition coefficient (Wildman–Crippen LogP) is 6.43. The third kappa shape index (κ3) is 3.74. The zero-order chi connectivity index (χ0) is 13.1. The molecule has 2 rings (SSSR count). The third-order valence-electron chi connectivity index (χ3n) is 2.61. The molecule has 0 aliphatic heterocycles. The summed E-state index contributed by atoms with van der Waals surface area (Å²) in [7, 11) is 0. The second kappa shape index (κ2) is 6.42. The van der Waals surface area contributed by atoms with Gasteiger partial charge < -0.3 is 0 Å². The summed E-state index contributed by atoms with van der Waals surface area (Å²) in [5.41, 5.74) is 2.39. The molecule has 0 saturated heterocycles. The molecule has 94 valence electrons. The van der Waals surface area contributed by atoms with Gasteiger partial charge in [0.05, 0.1) is 10.0 Å². The van der Waals surface area contributed by atoms with Crippen LogP contribution in [0.2, 0.25) is 10.0 Å². The van der Waals surface area contributed by atoms with E-state index < -0.39 is 0 Å². The third-order valence-corrected chi connectivity index (χ3v) is 4.69. The van der Waals surface area contributed by atoms with Crippen molar-refractivity contribution in [2.45, 2.75) is 11.2 Å². The zero-order valence-electron chi connectivity index (χ0n) is 9.34. The van der Waals surface area contributed by atoms with Gasteiger partial charge in [0.2, 0.25) is 0 Å². The summed E-state index contributed by atoms with van der Waals surface area (Å²) in [6, 6.07) is 14.0. The summed E-state index contributed by atoms with van der Waals surface area (Å²) in [6.07, 6.45) is 0.868. The van der Waals surface area contributed by atoms with E-state index in [1.165, 1.54) is 5.56 Å². The van der Waals surface area contributed by atoms with Gasteiger partial charge in [0, 0.05) is 9.30 Å². The Morgan fingerprint density at radius 1 is 1.00 bits per heavy atom. The summed E-state index contributed by atoms with van der Waals surface area (Å²) in [4.78, 5) is 0.257. The molecule has 2 aromatic rings. The molecule has 0 aromatic heterocycles. The van der Waals surface area contributed by atoms with E-state index in [0.717, 1.165) is 16.5 Å². The number of rotatable bonds is 3. The maximum absolute atomic E-state index is 6.01. The molecule has 0 fully saturated rings. The van der Waals surface area contributed by atoms with Crippen LogP contribution in [0.4, 0.5) is 0 Å². The Hall–Kier alpha value is -0.0200. The predicted molar refractivity (Wildman–Crippen MR) is 86.0 cm³/mol. The lowest BCUT2D eigenvalue weighted by Crippen LogP contribution is -1.95. The molecule has 1 unspecified atom stereocenters. The molecule has 1 atom stereocenters. The van der Waals surface area contributed by atoms with Gasteiger partial charge in [-0.25, -0.2) is 0 Å². The highest BCUT2D eigenvalue weighted by molar-refractivity contribution is 9.10. The van der Waals surface area contributed by atoms with E-state index in [0.29, 0.717) is 10.0 Å². The SMILES string of the molecule is Clc1ccc(CC(Br)c2cccc(Br)c2)cc1Cl. The van der Waals surface area contributed by atoms with Gasteiger partial charge in [0.25, 0.3) is 0 Å². The molecular formula is C14H10Br2Cl2. The molecule has 4 heteroatoms. The fourth-order valence-electron chi connectivity index (χ4n) is 1.69. The minimum absolute atomic E-state index is 0.257. The summed E-state index contributed by atoms with van der Waals surface area (Å²) < 4.78 is 1.08. The van der Waals surface area contributed by atoms with Crippen molar-refractivity contribution >= 4 is 55.1 Å². The number of alkyl halides is 1. The van der Waals surface area contributed by atoms with E-state index in [1.807, 2.05) is 30.3 Å². The van der Waals surface area contributed by atoms with Crippen molar-refractivity contribution in [3.8, 4) is 0 Å². The van der Waals surface area contributed by atoms with E-state index in [2.05, 4.69) is 44.0 Å². The minimum atomic E-state index is 0.257. The lowest BCUT2D eigenvalue weighted by molar-refractivity contribution is 0.948. The minimum Gasteiger partial charge on any atom is -0.0835 e. The lowest BCUT2D eigenvalue weighted by Gasteiger charge is -2.11. The van der Waals surface area contributed by atoms with Crippen LogP contribution in [0.3, 0.4) is 0 Å². The largest absolute Gasteiger partial charge is 0.0835 e. The van der Waals surface area contributed by atoms with Crippen LogP contribution >= 0.6 is 55.1 Å². The first-order valence-corrected chi connectivity index (χ1v) is 7.86. The molecular weight excluding hydrogens is 399 g/mol. The fraction of sp³-hybridized carbons (Fsp3) is 0.143. The van der Waals surface area contributed by atoms with Crippen LogP contribution in [-0.4, -0.2) is 0 Å². The van der Waals surface area contributed by atoms with Crippen LogP contribution in [0.15, 0.2) is 46.9 Å². The highest BCUT2D eigenvalue weighted by atomic mass is 79.9. The van der Waals surface area contributed by atoms with Gasteiger partial charge >= 0.3 is 0 Å². The maximum Gasteiger partial charge on any atom is 0.0595 e. The second-order valence-corrected chi connectivity index (χ2v) is 6.81. The van der Waals surface area contributed by atoms with Gasteiger partial charge in [-0.05, 0) is 41.8 Å². The van der Waals surface area contributed by atoms with Crippen LogP contribution in [0.25, 0.3) is 0 Å². The van der Waals surface area contributed by atoms with Crippen molar-refractivity contribution in [1.29, 1.82) is 0 Å². The highest BCUT2D eigenvalue weighted by Crippen LogP contribution is 2.31. The molecule has 2 aromatic carbocycles. The van der Waals surface area contributed by atoms with E-state index in [-0.39, 0.29) is 4.83 Å². The first-order valence-electron chi connectivity index (χ1n) is 5.40. The van der Waals surface area contributed by atoms with Crippen LogP contribution < -0.4 is 0 Å². The topological polar surface area (TPSA) is 0 Å². The Labute approximate surface area is 134 Å². The molecule has 0 nitrogen and oxygen atoms in total. The zero-order valence-corrected chi connectivity index (χ0v) is 14.0. The summed E-state index contributed by atoms with van der Waals surface area (Å²) in [5, 5.41) is 1.19. The van der Waals surface area contributed by atoms with Gasteiger partial charge in [-0.2, -0.15) is 0 Å². The van der Waals surface area contributed by atoms with Crippen LogP contribution in [0, 0.1) is 0 Å². The van der Waals surface area contributed by atoms with Gasteiger partial charge in [0.15, 0.2) is 0 Å². The lowest BCUT2D eigenvalue weighted by atomic mass is 10.0. The van der Waals surface area contributed by atoms with E-state index in [1.54, 1.807) is 0 Å². The number of hydrogen-bond acceptors (Lipinski definition) is 0. The molecule has 0 spiro atoms. The molecule has 0 amide bonds. The van der Waals surface area contributed by atoms with E-state index >= 15 is 0 Å². The normalized spacial score (nSPS) is 12.4. The quantitative estimate of drug-likeness (QED) is 0.513. The Morgan fingerprint density at radius 3 is 2.44 bits per heavy atom. The first-order chi connectivity index (χ1) is 8.56. The number of halogens is 4. The molecule has 0 bridgehead atoms. The monoisotopic (exact) mass is 406 g/mol. The van der Waals surface area contributed by atoms with Crippen LogP contribution in [-0.2, 0) is 6.42 Å². The first kappa shape index (κ1) is 14.4. The van der Waals surface area contributed by atoms with Crippen molar-refractivity contribution < 1.29 is 0 Å². The Bertz CT molecular complexity index is 555. The van der Waals surface area contributed by atoms with Crippen molar-refractivity contribution in [3.63, 3.8) is 0 Å². The number of benzene rings is 2. The Balaban J connectivity index is 2.16. The van der Waals surface area contributed by atoms with Crippen molar-refractivity contribution in [3.05, 3.63) is 68.1 Å². The standard InChI is InChI=1S/C14H10Br2Cl2/c15-11-3-1-2-10(8-11)12(16)6-9-4-5-13(17)14(18)7-9/h1-5,7-8,12H,6H2. The van der Waals surface area contributed by atoms with Gasteiger partial charge in [0.1, 0.15) is 0 Å². The average molecular weight is 409 g/mol. The Morgan fingerprint density at radius 2 is 1.78 bits per heavy atom. The smallest absolute Gasteiger partial charge is 0.0595 e. The Kier molecular flexibility index (Phi) is 5.14. The van der Waals surface area contributed by atoms with E-state index in [9.17, 15) is 0 Å². The van der Waals surface area contributed by atoms with Gasteiger partial charge in [-0.15, -0.1) is 0 Å². The summed E-state index contributed by atoms with van der Waals surface area (Å²) in [5.74, 6) is 0. The van der Waals surface area contributed by atoms with Crippen molar-refractivity contribution in [2.75, 3.05) is 0 Å². The highest BCUT2D eigenvalue weighted by Gasteiger charge is 2.10. The molecule has 0 N–H and O–H groups in total. The van der Waals surface area contributed by atoms with Crippen LogP contribution in [0.1, 0.15) is 16.0 Å².